The van der Waals surface area contributed by atoms with Crippen LogP contribution in [-0.4, -0.2) is 45.9 Å². The van der Waals surface area contributed by atoms with Crippen LogP contribution in [0, 0.1) is 40.4 Å². The summed E-state index contributed by atoms with van der Waals surface area (Å²) in [5, 5.41) is 30.7. The molecule has 1 aromatic heterocycles. The van der Waals surface area contributed by atoms with E-state index >= 15 is 0 Å². The Balaban J connectivity index is 0.986. The summed E-state index contributed by atoms with van der Waals surface area (Å²) in [6, 6.07) is 9.24. The number of ether oxygens (including phenoxy) is 1. The topological polar surface area (TPSA) is 115 Å². The minimum Gasteiger partial charge on any atom is -0.487 e. The first kappa shape index (κ1) is 27.9. The Morgan fingerprint density at radius 1 is 1.07 bits per heavy atom. The van der Waals surface area contributed by atoms with Crippen LogP contribution in [0.3, 0.4) is 0 Å². The molecule has 0 saturated heterocycles. The van der Waals surface area contributed by atoms with Crippen LogP contribution < -0.4 is 20.7 Å². The van der Waals surface area contributed by atoms with Gasteiger partial charge in [-0.2, -0.15) is 10.2 Å². The van der Waals surface area contributed by atoms with Gasteiger partial charge in [-0.3, -0.25) is 0 Å². The zero-order valence-electron chi connectivity index (χ0n) is 25.2. The Bertz CT molecular complexity index is 1330. The van der Waals surface area contributed by atoms with Crippen molar-refractivity contribution in [1.82, 2.24) is 15.3 Å². The van der Waals surface area contributed by atoms with E-state index in [9.17, 15) is 10.4 Å². The summed E-state index contributed by atoms with van der Waals surface area (Å²) in [5.41, 5.74) is 2.92. The second-order valence-electron chi connectivity index (χ2n) is 14.8. The number of aliphatic hydroxyl groups excluding tert-OH is 1. The number of nitrogens with one attached hydrogen (secondary N) is 3. The van der Waals surface area contributed by atoms with Crippen molar-refractivity contribution in [1.29, 1.82) is 5.26 Å². The molecule has 5 atom stereocenters. The average Bonchev–Trinajstić information content (AvgIpc) is 3.29. The molecule has 4 N–H and O–H groups in total. The second kappa shape index (κ2) is 11.0. The molecule has 0 spiro atoms. The Morgan fingerprint density at radius 2 is 1.86 bits per heavy atom. The Labute approximate surface area is 250 Å². The van der Waals surface area contributed by atoms with Gasteiger partial charge < -0.3 is 25.8 Å². The highest BCUT2D eigenvalue weighted by Gasteiger charge is 2.55. The maximum Gasteiger partial charge on any atom is 0.224 e. The van der Waals surface area contributed by atoms with E-state index in [2.05, 4.69) is 59.1 Å². The van der Waals surface area contributed by atoms with Crippen molar-refractivity contribution >= 4 is 11.8 Å². The number of fused-ring (bicyclic) bond motifs is 1. The van der Waals surface area contributed by atoms with Crippen molar-refractivity contribution in [3.05, 3.63) is 41.1 Å². The van der Waals surface area contributed by atoms with Gasteiger partial charge in [-0.05, 0) is 113 Å². The van der Waals surface area contributed by atoms with Gasteiger partial charge in [-0.1, -0.05) is 18.2 Å². The molecule has 5 saturated carbocycles. The van der Waals surface area contributed by atoms with Crippen LogP contribution in [0.25, 0.3) is 0 Å². The van der Waals surface area contributed by atoms with Crippen LogP contribution >= 0.6 is 0 Å². The van der Waals surface area contributed by atoms with Crippen molar-refractivity contribution in [2.45, 2.75) is 102 Å². The zero-order valence-corrected chi connectivity index (χ0v) is 25.2. The van der Waals surface area contributed by atoms with Crippen LogP contribution in [0.1, 0.15) is 88.3 Å². The molecule has 0 radical (unpaired) electrons. The van der Waals surface area contributed by atoms with Crippen LogP contribution in [0.2, 0.25) is 0 Å². The molecule has 5 fully saturated rings. The largest absolute Gasteiger partial charge is 0.487 e. The minimum absolute atomic E-state index is 0.0789. The first-order chi connectivity index (χ1) is 20.3. The number of benzene rings is 1. The fourth-order valence-electron chi connectivity index (χ4n) is 9.34. The van der Waals surface area contributed by atoms with E-state index < -0.39 is 0 Å². The number of rotatable bonds is 9. The number of anilines is 2. The van der Waals surface area contributed by atoms with Gasteiger partial charge in [-0.15, -0.1) is 0 Å². The number of hydrogen-bond donors (Lipinski definition) is 4. The highest BCUT2D eigenvalue weighted by molar-refractivity contribution is 5.54. The van der Waals surface area contributed by atoms with Crippen LogP contribution in [0.5, 0.6) is 5.75 Å². The summed E-state index contributed by atoms with van der Waals surface area (Å²) in [7, 11) is 0. The first-order valence-corrected chi connectivity index (χ1v) is 16.2. The molecule has 1 aromatic carbocycles. The van der Waals surface area contributed by atoms with Gasteiger partial charge in [-0.25, -0.2) is 4.98 Å². The van der Waals surface area contributed by atoms with Gasteiger partial charge in [0.15, 0.2) is 0 Å². The van der Waals surface area contributed by atoms with E-state index in [1.807, 2.05) is 0 Å². The molecule has 2 aromatic rings. The molecule has 0 amide bonds. The molecule has 5 aliphatic carbocycles. The van der Waals surface area contributed by atoms with E-state index in [1.165, 1.54) is 37.7 Å². The highest BCUT2D eigenvalue weighted by Crippen LogP contribution is 2.60. The molecule has 4 bridgehead atoms. The fraction of sp³-hybridized carbons (Fsp3) is 0.676. The monoisotopic (exact) mass is 570 g/mol. The van der Waals surface area contributed by atoms with Crippen molar-refractivity contribution in [3.8, 4) is 11.8 Å². The molecule has 2 heterocycles. The lowest BCUT2D eigenvalue weighted by molar-refractivity contribution is -0.0705. The summed E-state index contributed by atoms with van der Waals surface area (Å²) in [5.74, 6) is 5.15. The molecule has 6 aliphatic rings. The normalized spacial score (nSPS) is 34.0. The number of hydrogen-bond acceptors (Lipinski definition) is 8. The molecule has 8 rings (SSSR count). The third-order valence-corrected chi connectivity index (χ3v) is 11.0. The lowest BCUT2D eigenvalue weighted by Crippen LogP contribution is -2.60. The number of nitriles is 1. The first-order valence-electron chi connectivity index (χ1n) is 16.2. The van der Waals surface area contributed by atoms with Crippen molar-refractivity contribution < 1.29 is 9.84 Å². The molecular formula is C34H46N6O2. The van der Waals surface area contributed by atoms with E-state index in [0.29, 0.717) is 35.8 Å². The molecule has 8 heteroatoms. The minimum atomic E-state index is -0.187. The van der Waals surface area contributed by atoms with Crippen molar-refractivity contribution in [2.75, 3.05) is 23.7 Å². The predicted octanol–water partition coefficient (Wildman–Crippen LogP) is 5.42. The van der Waals surface area contributed by atoms with E-state index in [-0.39, 0.29) is 17.1 Å². The van der Waals surface area contributed by atoms with Gasteiger partial charge in [0, 0.05) is 31.1 Å². The summed E-state index contributed by atoms with van der Waals surface area (Å²) in [6.45, 7) is 6.78. The SMILES string of the molecule is CC1(C)Cc2cccc(CNc3ncc(C#N)c(NCC45CC6C[C@H](C4)C(NCC4CCC(O)CC4)[C@@H](C6)C5)n3)c2O1. The van der Waals surface area contributed by atoms with E-state index in [4.69, 9.17) is 9.72 Å². The highest BCUT2D eigenvalue weighted by atomic mass is 16.5. The average molecular weight is 571 g/mol. The van der Waals surface area contributed by atoms with Crippen molar-refractivity contribution in [2.24, 2.45) is 29.1 Å². The number of para-hydroxylation sites is 1. The Morgan fingerprint density at radius 3 is 2.62 bits per heavy atom. The Hall–Kier alpha value is -2.89. The number of nitrogens with zero attached hydrogens (tertiary/aromatic N) is 3. The summed E-state index contributed by atoms with van der Waals surface area (Å²) in [4.78, 5) is 9.22. The summed E-state index contributed by atoms with van der Waals surface area (Å²) >= 11 is 0. The predicted molar refractivity (Wildman–Crippen MR) is 163 cm³/mol. The zero-order chi connectivity index (χ0) is 28.9. The van der Waals surface area contributed by atoms with Gasteiger partial charge >= 0.3 is 0 Å². The fourth-order valence-corrected chi connectivity index (χ4v) is 9.34. The van der Waals surface area contributed by atoms with Gasteiger partial charge in [0.1, 0.15) is 28.8 Å². The maximum atomic E-state index is 9.88. The van der Waals surface area contributed by atoms with Crippen LogP contribution in [-0.2, 0) is 13.0 Å². The van der Waals surface area contributed by atoms with Gasteiger partial charge in [0.25, 0.3) is 0 Å². The molecule has 8 nitrogen and oxygen atoms in total. The number of aromatic nitrogens is 2. The lowest BCUT2D eigenvalue weighted by atomic mass is 9.48. The van der Waals surface area contributed by atoms with Gasteiger partial charge in [0.2, 0.25) is 5.95 Å². The summed E-state index contributed by atoms with van der Waals surface area (Å²) < 4.78 is 6.24. The standard InChI is InChI=1S/C34H46N6O2/c1-33(2)13-23-4-3-5-24(30(23)42-33)18-37-32-38-19-27(16-35)31(40-32)39-20-34-12-22-10-25(14-34)29(26(11-22)15-34)36-17-21-6-8-28(41)9-7-21/h3-5,19,21-22,25-26,28-29,36,41H,6-15,17-18,20H2,1-2H3,(H2,37,38,39,40)/t21?,22?,25-,26+,28?,29?,34?. The molecule has 224 valence electrons. The maximum absolute atomic E-state index is 9.88. The molecular weight excluding hydrogens is 524 g/mol. The molecule has 1 aliphatic heterocycles. The lowest BCUT2D eigenvalue weighted by Gasteiger charge is -2.60. The van der Waals surface area contributed by atoms with Gasteiger partial charge in [0.05, 0.1) is 12.3 Å². The quantitative estimate of drug-likeness (QED) is 0.316. The van der Waals surface area contributed by atoms with Crippen LogP contribution in [0.4, 0.5) is 11.8 Å². The molecule has 42 heavy (non-hydrogen) atoms. The number of aliphatic hydroxyl groups is 1. The summed E-state index contributed by atoms with van der Waals surface area (Å²) in [6.07, 6.45) is 13.2. The van der Waals surface area contributed by atoms with E-state index in [1.54, 1.807) is 6.20 Å². The Kier molecular flexibility index (Phi) is 7.30. The smallest absolute Gasteiger partial charge is 0.224 e. The van der Waals surface area contributed by atoms with Crippen LogP contribution in [0.15, 0.2) is 24.4 Å². The van der Waals surface area contributed by atoms with E-state index in [0.717, 1.165) is 74.3 Å². The molecule has 3 unspecified atom stereocenters. The second-order valence-corrected chi connectivity index (χ2v) is 14.8. The third kappa shape index (κ3) is 5.58. The van der Waals surface area contributed by atoms with Crippen molar-refractivity contribution in [3.63, 3.8) is 0 Å². The third-order valence-electron chi connectivity index (χ3n) is 11.0.